The Morgan fingerprint density at radius 3 is 2.47 bits per heavy atom. The van der Waals surface area contributed by atoms with E-state index in [-0.39, 0.29) is 11.4 Å². The summed E-state index contributed by atoms with van der Waals surface area (Å²) in [5.41, 5.74) is 0.867. The smallest absolute Gasteiger partial charge is 0.221 e. The average Bonchev–Trinajstić information content (AvgIpc) is 2.27. The van der Waals surface area contributed by atoms with Gasteiger partial charge in [-0.1, -0.05) is 29.3 Å². The Hall–Kier alpha value is -0.770. The van der Waals surface area contributed by atoms with E-state index in [1.807, 2.05) is 32.9 Å². The van der Waals surface area contributed by atoms with Gasteiger partial charge in [0, 0.05) is 25.0 Å². The second-order valence-corrected chi connectivity index (χ2v) is 6.29. The Labute approximate surface area is 124 Å². The fraction of sp³-hybridized carbons (Fsp3) is 0.500. The van der Waals surface area contributed by atoms with Crippen LogP contribution in [0.3, 0.4) is 0 Å². The number of hydrogen-bond donors (Lipinski definition) is 2. The number of amides is 1. The molecule has 2 N–H and O–H groups in total. The van der Waals surface area contributed by atoms with Crippen LogP contribution in [0.15, 0.2) is 18.2 Å². The molecule has 0 radical (unpaired) electrons. The summed E-state index contributed by atoms with van der Waals surface area (Å²) in [4.78, 5) is 11.6. The van der Waals surface area contributed by atoms with Crippen LogP contribution in [0, 0.1) is 0 Å². The van der Waals surface area contributed by atoms with Crippen molar-refractivity contribution in [1.29, 1.82) is 0 Å². The van der Waals surface area contributed by atoms with E-state index in [1.165, 1.54) is 0 Å². The van der Waals surface area contributed by atoms with E-state index in [4.69, 9.17) is 23.2 Å². The van der Waals surface area contributed by atoms with Crippen molar-refractivity contribution in [1.82, 2.24) is 10.6 Å². The molecule has 1 aromatic rings. The third kappa shape index (κ3) is 6.81. The van der Waals surface area contributed by atoms with Gasteiger partial charge in [0.2, 0.25) is 5.91 Å². The largest absolute Gasteiger partial charge is 0.351 e. The highest BCUT2D eigenvalue weighted by molar-refractivity contribution is 6.42. The summed E-state index contributed by atoms with van der Waals surface area (Å²) in [5, 5.41) is 7.22. The standard InChI is InChI=1S/C14H20Cl2N2O/c1-14(2,3)18-13(19)6-7-17-9-10-4-5-11(15)12(16)8-10/h4-5,8,17H,6-7,9H2,1-3H3,(H,18,19). The highest BCUT2D eigenvalue weighted by Gasteiger charge is 2.12. The highest BCUT2D eigenvalue weighted by Crippen LogP contribution is 2.22. The number of halogens is 2. The summed E-state index contributed by atoms with van der Waals surface area (Å²) in [6.07, 6.45) is 0.457. The van der Waals surface area contributed by atoms with Crippen molar-refractivity contribution in [3.05, 3.63) is 33.8 Å². The molecule has 5 heteroatoms. The van der Waals surface area contributed by atoms with Crippen molar-refractivity contribution in [2.75, 3.05) is 6.54 Å². The molecule has 0 spiro atoms. The van der Waals surface area contributed by atoms with Crippen LogP contribution in [0.4, 0.5) is 0 Å². The molecule has 106 valence electrons. The Bertz CT molecular complexity index is 442. The molecule has 0 fully saturated rings. The zero-order valence-corrected chi connectivity index (χ0v) is 13.0. The minimum atomic E-state index is -0.180. The second kappa shape index (κ2) is 7.13. The molecule has 0 heterocycles. The van der Waals surface area contributed by atoms with Gasteiger partial charge in [-0.15, -0.1) is 0 Å². The minimum Gasteiger partial charge on any atom is -0.351 e. The molecule has 0 saturated heterocycles. The minimum absolute atomic E-state index is 0.0501. The number of carbonyl (C=O) groups excluding carboxylic acids is 1. The zero-order chi connectivity index (χ0) is 14.5. The van der Waals surface area contributed by atoms with Crippen LogP contribution < -0.4 is 10.6 Å². The van der Waals surface area contributed by atoms with Gasteiger partial charge in [-0.2, -0.15) is 0 Å². The first-order valence-corrected chi connectivity index (χ1v) is 6.99. The van der Waals surface area contributed by atoms with E-state index in [1.54, 1.807) is 6.07 Å². The summed E-state index contributed by atoms with van der Waals surface area (Å²) < 4.78 is 0. The third-order valence-electron chi connectivity index (χ3n) is 2.36. The average molecular weight is 303 g/mol. The summed E-state index contributed by atoms with van der Waals surface area (Å²) >= 11 is 11.8. The van der Waals surface area contributed by atoms with Crippen LogP contribution in [0.5, 0.6) is 0 Å². The SMILES string of the molecule is CC(C)(C)NC(=O)CCNCc1ccc(Cl)c(Cl)c1. The summed E-state index contributed by atoms with van der Waals surface area (Å²) in [6.45, 7) is 7.19. The van der Waals surface area contributed by atoms with Gasteiger partial charge in [0.1, 0.15) is 0 Å². The van der Waals surface area contributed by atoms with Gasteiger partial charge in [-0.05, 0) is 38.5 Å². The first kappa shape index (κ1) is 16.3. The fourth-order valence-electron chi connectivity index (χ4n) is 1.56. The van der Waals surface area contributed by atoms with Crippen LogP contribution in [0.25, 0.3) is 0 Å². The molecular weight excluding hydrogens is 283 g/mol. The van der Waals surface area contributed by atoms with Gasteiger partial charge < -0.3 is 10.6 Å². The van der Waals surface area contributed by atoms with Gasteiger partial charge in [-0.25, -0.2) is 0 Å². The van der Waals surface area contributed by atoms with Gasteiger partial charge in [-0.3, -0.25) is 4.79 Å². The fourth-order valence-corrected chi connectivity index (χ4v) is 1.89. The zero-order valence-electron chi connectivity index (χ0n) is 11.5. The number of hydrogen-bond acceptors (Lipinski definition) is 2. The lowest BCUT2D eigenvalue weighted by molar-refractivity contribution is -0.122. The molecular formula is C14H20Cl2N2O. The van der Waals surface area contributed by atoms with Gasteiger partial charge in [0.05, 0.1) is 10.0 Å². The number of rotatable bonds is 5. The monoisotopic (exact) mass is 302 g/mol. The van der Waals surface area contributed by atoms with Crippen molar-refractivity contribution in [3.8, 4) is 0 Å². The first-order chi connectivity index (χ1) is 8.78. The quantitative estimate of drug-likeness (QED) is 0.819. The van der Waals surface area contributed by atoms with Crippen LogP contribution in [-0.4, -0.2) is 18.0 Å². The van der Waals surface area contributed by atoms with E-state index >= 15 is 0 Å². The van der Waals surface area contributed by atoms with Crippen LogP contribution in [0.1, 0.15) is 32.8 Å². The molecule has 0 aliphatic heterocycles. The van der Waals surface area contributed by atoms with Crippen molar-refractivity contribution < 1.29 is 4.79 Å². The maximum absolute atomic E-state index is 11.6. The Morgan fingerprint density at radius 2 is 1.89 bits per heavy atom. The third-order valence-corrected chi connectivity index (χ3v) is 3.10. The predicted octanol–water partition coefficient (Wildman–Crippen LogP) is 3.39. The molecule has 0 bridgehead atoms. The van der Waals surface area contributed by atoms with Crippen molar-refractivity contribution >= 4 is 29.1 Å². The highest BCUT2D eigenvalue weighted by atomic mass is 35.5. The van der Waals surface area contributed by atoms with E-state index < -0.39 is 0 Å². The normalized spacial score (nSPS) is 11.4. The Balaban J connectivity index is 2.27. The summed E-state index contributed by atoms with van der Waals surface area (Å²) in [7, 11) is 0. The lowest BCUT2D eigenvalue weighted by Gasteiger charge is -2.20. The van der Waals surface area contributed by atoms with Crippen molar-refractivity contribution in [3.63, 3.8) is 0 Å². The van der Waals surface area contributed by atoms with Crippen molar-refractivity contribution in [2.45, 2.75) is 39.3 Å². The molecule has 0 unspecified atom stereocenters. The molecule has 0 aliphatic carbocycles. The summed E-state index contributed by atoms with van der Waals surface area (Å²) in [6, 6.07) is 5.51. The second-order valence-electron chi connectivity index (χ2n) is 5.47. The number of nitrogens with one attached hydrogen (secondary N) is 2. The van der Waals surface area contributed by atoms with Crippen LogP contribution in [-0.2, 0) is 11.3 Å². The lowest BCUT2D eigenvalue weighted by Crippen LogP contribution is -2.41. The molecule has 0 saturated carbocycles. The van der Waals surface area contributed by atoms with E-state index in [0.29, 0.717) is 29.6 Å². The van der Waals surface area contributed by atoms with E-state index in [0.717, 1.165) is 5.56 Å². The lowest BCUT2D eigenvalue weighted by atomic mass is 10.1. The predicted molar refractivity (Wildman–Crippen MR) is 80.7 cm³/mol. The molecule has 0 aromatic heterocycles. The van der Waals surface area contributed by atoms with E-state index in [2.05, 4.69) is 10.6 Å². The summed E-state index contributed by atoms with van der Waals surface area (Å²) in [5.74, 6) is 0.0501. The van der Waals surface area contributed by atoms with Gasteiger partial charge in [0.25, 0.3) is 0 Å². The molecule has 1 amide bonds. The number of benzene rings is 1. The number of carbonyl (C=O) groups is 1. The maximum Gasteiger partial charge on any atom is 0.221 e. The molecule has 0 aliphatic rings. The first-order valence-electron chi connectivity index (χ1n) is 6.23. The maximum atomic E-state index is 11.6. The topological polar surface area (TPSA) is 41.1 Å². The van der Waals surface area contributed by atoms with Gasteiger partial charge >= 0.3 is 0 Å². The Kier molecular flexibility index (Phi) is 6.11. The van der Waals surface area contributed by atoms with E-state index in [9.17, 15) is 4.79 Å². The van der Waals surface area contributed by atoms with Crippen LogP contribution >= 0.6 is 23.2 Å². The molecule has 1 aromatic carbocycles. The van der Waals surface area contributed by atoms with Gasteiger partial charge in [0.15, 0.2) is 0 Å². The molecule has 19 heavy (non-hydrogen) atoms. The molecule has 1 rings (SSSR count). The molecule has 3 nitrogen and oxygen atoms in total. The molecule has 0 atom stereocenters. The van der Waals surface area contributed by atoms with Crippen molar-refractivity contribution in [2.24, 2.45) is 0 Å². The van der Waals surface area contributed by atoms with Crippen LogP contribution in [0.2, 0.25) is 10.0 Å². The Morgan fingerprint density at radius 1 is 1.21 bits per heavy atom.